The maximum absolute atomic E-state index is 12.0. The smallest absolute Gasteiger partial charge is 0.545 e. The first kappa shape index (κ1) is 21.3. The number of anilines is 2. The molecule has 4 rings (SSSR count). The summed E-state index contributed by atoms with van der Waals surface area (Å²) in [5.41, 5.74) is 2.24. The fraction of sp³-hybridized carbons (Fsp3) is 0. The first-order valence-electron chi connectivity index (χ1n) is 8.63. The van der Waals surface area contributed by atoms with Crippen molar-refractivity contribution < 1.29 is 61.3 Å². The van der Waals surface area contributed by atoms with Gasteiger partial charge in [0.15, 0.2) is 5.82 Å². The molecule has 0 aliphatic rings. The number of aromatic nitrogens is 3. The van der Waals surface area contributed by atoms with Gasteiger partial charge in [-0.1, -0.05) is 48.5 Å². The summed E-state index contributed by atoms with van der Waals surface area (Å²) in [5, 5.41) is 15.1. The molecule has 1 N–H and O–H groups in total. The van der Waals surface area contributed by atoms with E-state index in [0.29, 0.717) is 22.6 Å². The molecule has 0 aliphatic heterocycles. The van der Waals surface area contributed by atoms with E-state index in [0.717, 1.165) is 0 Å². The van der Waals surface area contributed by atoms with Gasteiger partial charge >= 0.3 is 51.4 Å². The Balaban J connectivity index is 0.00000240. The zero-order valence-electron chi connectivity index (χ0n) is 15.7. The van der Waals surface area contributed by atoms with Gasteiger partial charge in [-0.25, -0.2) is 9.97 Å². The van der Waals surface area contributed by atoms with Crippen LogP contribution < -0.4 is 61.8 Å². The van der Waals surface area contributed by atoms with Gasteiger partial charge < -0.3 is 15.2 Å². The van der Waals surface area contributed by atoms with Crippen LogP contribution >= 0.6 is 0 Å². The molecule has 0 aliphatic carbocycles. The average molecular weight is 406 g/mol. The molecule has 2 aromatic carbocycles. The number of hydrogen-bond donors (Lipinski definition) is 1. The number of benzene rings is 2. The number of hydrogen-bond acceptors (Lipinski definition) is 6. The number of nitrogens with zero attached hydrogens (tertiary/aromatic N) is 3. The second-order valence-corrected chi connectivity index (χ2v) is 6.01. The molecule has 2 heterocycles. The summed E-state index contributed by atoms with van der Waals surface area (Å²) >= 11 is 0. The summed E-state index contributed by atoms with van der Waals surface area (Å²) in [6.45, 7) is 0. The Morgan fingerprint density at radius 3 is 2.10 bits per heavy atom. The largest absolute Gasteiger partial charge is 1.00 e. The molecule has 0 fully saturated rings. The average Bonchev–Trinajstić information content (AvgIpc) is 2.75. The second-order valence-electron chi connectivity index (χ2n) is 6.01. The Morgan fingerprint density at radius 2 is 1.48 bits per heavy atom. The van der Waals surface area contributed by atoms with Gasteiger partial charge in [-0.3, -0.25) is 4.98 Å². The van der Waals surface area contributed by atoms with Gasteiger partial charge in [0.1, 0.15) is 5.82 Å². The van der Waals surface area contributed by atoms with Crippen molar-refractivity contribution in [1.82, 2.24) is 15.0 Å². The third-order valence-corrected chi connectivity index (χ3v) is 4.12. The Bertz CT molecular complexity index is 1110. The van der Waals surface area contributed by atoms with E-state index in [9.17, 15) is 9.90 Å². The van der Waals surface area contributed by atoms with Crippen LogP contribution in [0.1, 0.15) is 10.4 Å². The predicted molar refractivity (Wildman–Crippen MR) is 105 cm³/mol. The second kappa shape index (κ2) is 9.86. The molecule has 0 saturated carbocycles. The van der Waals surface area contributed by atoms with Gasteiger partial charge in [-0.15, -0.1) is 0 Å². The first-order chi connectivity index (χ1) is 13.7. The number of pyridine rings is 1. The van der Waals surface area contributed by atoms with E-state index < -0.39 is 5.97 Å². The third kappa shape index (κ3) is 4.95. The topological polar surface area (TPSA) is 90.8 Å². The van der Waals surface area contributed by atoms with Crippen molar-refractivity contribution in [3.8, 4) is 22.6 Å². The van der Waals surface area contributed by atoms with Gasteiger partial charge in [0.2, 0.25) is 0 Å². The summed E-state index contributed by atoms with van der Waals surface area (Å²) in [5.74, 6) is -0.815. The molecule has 0 unspecified atom stereocenters. The Labute approximate surface area is 210 Å². The summed E-state index contributed by atoms with van der Waals surface area (Å²) in [6.07, 6.45) is 3.29. The quantitative estimate of drug-likeness (QED) is 0.480. The molecule has 0 radical (unpaired) electrons. The predicted octanol–water partition coefficient (Wildman–Crippen LogP) is 0.317. The van der Waals surface area contributed by atoms with Gasteiger partial charge in [-0.05, 0) is 24.3 Å². The van der Waals surface area contributed by atoms with E-state index in [-0.39, 0.29) is 68.5 Å². The van der Waals surface area contributed by atoms with Gasteiger partial charge in [0.05, 0.1) is 17.2 Å². The van der Waals surface area contributed by atoms with Crippen molar-refractivity contribution in [2.45, 2.75) is 0 Å². The monoisotopic (exact) mass is 406 g/mol. The fourth-order valence-corrected chi connectivity index (χ4v) is 2.83. The van der Waals surface area contributed by atoms with Gasteiger partial charge in [0, 0.05) is 29.2 Å². The van der Waals surface area contributed by atoms with Crippen LogP contribution in [0.25, 0.3) is 22.6 Å². The maximum atomic E-state index is 12.0. The summed E-state index contributed by atoms with van der Waals surface area (Å²) in [7, 11) is 0. The molecule has 0 saturated heterocycles. The number of carboxylic acid groups (broad SMARTS) is 1. The molecular weight excluding hydrogens is 391 g/mol. The van der Waals surface area contributed by atoms with E-state index in [4.69, 9.17) is 0 Å². The molecule has 6 nitrogen and oxygen atoms in total. The molecule has 0 atom stereocenters. The minimum absolute atomic E-state index is 0. The fourth-order valence-electron chi connectivity index (χ4n) is 2.83. The van der Waals surface area contributed by atoms with Crippen LogP contribution in [0, 0.1) is 0 Å². The van der Waals surface area contributed by atoms with E-state index >= 15 is 0 Å². The molecular formula is C22H15KN4O2. The standard InChI is InChI=1S/C22H16N4O2.K/c27-22(28)18-19(15-8-3-1-4-9-15)25-20(16-10-7-13-23-14-16)26-21(18)24-17-11-5-2-6-12-17;/h1-14H,(H,27,28)(H,24,25,26);/q;+1/p-1. The minimum atomic E-state index is -1.35. The molecule has 136 valence electrons. The van der Waals surface area contributed by atoms with Crippen molar-refractivity contribution in [3.05, 3.63) is 90.8 Å². The van der Waals surface area contributed by atoms with Crippen molar-refractivity contribution in [2.24, 2.45) is 0 Å². The number of carboxylic acids is 1. The normalized spacial score (nSPS) is 10.1. The number of para-hydroxylation sites is 1. The van der Waals surface area contributed by atoms with Crippen molar-refractivity contribution in [3.63, 3.8) is 0 Å². The van der Waals surface area contributed by atoms with Gasteiger partial charge in [0.25, 0.3) is 0 Å². The zero-order chi connectivity index (χ0) is 19.3. The van der Waals surface area contributed by atoms with Crippen LogP contribution in [0.5, 0.6) is 0 Å². The van der Waals surface area contributed by atoms with Crippen molar-refractivity contribution in [1.29, 1.82) is 0 Å². The number of nitrogens with one attached hydrogen (secondary N) is 1. The maximum Gasteiger partial charge on any atom is 1.00 e. The van der Waals surface area contributed by atoms with Crippen LogP contribution in [-0.4, -0.2) is 20.9 Å². The summed E-state index contributed by atoms with van der Waals surface area (Å²) in [4.78, 5) is 25.1. The van der Waals surface area contributed by atoms with Crippen LogP contribution in [0.15, 0.2) is 85.2 Å². The first-order valence-corrected chi connectivity index (χ1v) is 8.63. The number of rotatable bonds is 5. The summed E-state index contributed by atoms with van der Waals surface area (Å²) in [6, 6.07) is 21.9. The SMILES string of the molecule is O=C([O-])c1c(Nc2ccccc2)nc(-c2cccnc2)nc1-c1ccccc1.[K+]. The van der Waals surface area contributed by atoms with Crippen LogP contribution in [-0.2, 0) is 0 Å². The third-order valence-electron chi connectivity index (χ3n) is 4.12. The molecule has 2 aromatic heterocycles. The Morgan fingerprint density at radius 1 is 0.828 bits per heavy atom. The van der Waals surface area contributed by atoms with E-state index in [1.807, 2.05) is 54.6 Å². The zero-order valence-corrected chi connectivity index (χ0v) is 18.9. The Kier molecular flexibility index (Phi) is 7.24. The van der Waals surface area contributed by atoms with E-state index in [2.05, 4.69) is 20.3 Å². The number of carbonyl (C=O) groups is 1. The van der Waals surface area contributed by atoms with E-state index in [1.165, 1.54) is 0 Å². The number of carbonyl (C=O) groups excluding carboxylic acids is 1. The minimum Gasteiger partial charge on any atom is -0.545 e. The van der Waals surface area contributed by atoms with Crippen LogP contribution in [0.3, 0.4) is 0 Å². The molecule has 0 bridgehead atoms. The van der Waals surface area contributed by atoms with E-state index in [1.54, 1.807) is 30.6 Å². The molecule has 29 heavy (non-hydrogen) atoms. The molecule has 0 spiro atoms. The van der Waals surface area contributed by atoms with Gasteiger partial charge in [-0.2, -0.15) is 0 Å². The molecule has 0 amide bonds. The summed E-state index contributed by atoms with van der Waals surface area (Å²) < 4.78 is 0. The Hall–Kier alpha value is -2.42. The van der Waals surface area contributed by atoms with Crippen LogP contribution in [0.2, 0.25) is 0 Å². The molecule has 7 heteroatoms. The van der Waals surface area contributed by atoms with Crippen molar-refractivity contribution >= 4 is 17.5 Å². The number of aromatic carboxylic acids is 1. The van der Waals surface area contributed by atoms with Crippen molar-refractivity contribution in [2.75, 3.05) is 5.32 Å². The molecule has 4 aromatic rings. The van der Waals surface area contributed by atoms with Crippen LogP contribution in [0.4, 0.5) is 11.5 Å².